The van der Waals surface area contributed by atoms with Crippen molar-refractivity contribution in [2.45, 2.75) is 38.6 Å². The maximum Gasteiger partial charge on any atom is 0.121 e. The van der Waals surface area contributed by atoms with Gasteiger partial charge < -0.3 is 15.5 Å². The van der Waals surface area contributed by atoms with E-state index in [0.717, 1.165) is 5.75 Å². The molecule has 0 radical (unpaired) electrons. The van der Waals surface area contributed by atoms with Gasteiger partial charge in [0.25, 0.3) is 0 Å². The number of aromatic nitrogens is 1. The number of ether oxygens (including phenoxy) is 1. The molecule has 1 aliphatic rings. The summed E-state index contributed by atoms with van der Waals surface area (Å²) >= 11 is 0. The summed E-state index contributed by atoms with van der Waals surface area (Å²) < 4.78 is 5.66. The first kappa shape index (κ1) is 11.6. The molecule has 18 heavy (non-hydrogen) atoms. The summed E-state index contributed by atoms with van der Waals surface area (Å²) in [5.74, 6) is 0.901. The fourth-order valence-corrected chi connectivity index (χ4v) is 2.71. The van der Waals surface area contributed by atoms with E-state index in [0.29, 0.717) is 6.61 Å². The number of fused-ring (bicyclic) bond motifs is 3. The van der Waals surface area contributed by atoms with E-state index < -0.39 is 0 Å². The SMILES string of the molecule is CC(N)COc1ccc2c3c([nH]c2c1)CCCC3. The van der Waals surface area contributed by atoms with E-state index in [1.165, 1.54) is 47.8 Å². The van der Waals surface area contributed by atoms with Crippen molar-refractivity contribution in [2.24, 2.45) is 5.73 Å². The van der Waals surface area contributed by atoms with Crippen LogP contribution in [0.3, 0.4) is 0 Å². The number of hydrogen-bond acceptors (Lipinski definition) is 2. The lowest BCUT2D eigenvalue weighted by molar-refractivity contribution is 0.296. The molecule has 1 atom stereocenters. The number of aryl methyl sites for hydroxylation is 2. The molecule has 0 amide bonds. The molecule has 3 rings (SSSR count). The summed E-state index contributed by atoms with van der Waals surface area (Å²) in [7, 11) is 0. The van der Waals surface area contributed by atoms with E-state index in [4.69, 9.17) is 10.5 Å². The molecule has 1 aliphatic carbocycles. The zero-order valence-electron chi connectivity index (χ0n) is 10.8. The van der Waals surface area contributed by atoms with Crippen LogP contribution >= 0.6 is 0 Å². The van der Waals surface area contributed by atoms with Crippen molar-refractivity contribution in [1.29, 1.82) is 0 Å². The monoisotopic (exact) mass is 244 g/mol. The minimum Gasteiger partial charge on any atom is -0.492 e. The second-order valence-electron chi connectivity index (χ2n) is 5.28. The van der Waals surface area contributed by atoms with Crippen LogP contribution in [0.1, 0.15) is 31.0 Å². The molecule has 0 aliphatic heterocycles. The van der Waals surface area contributed by atoms with Crippen LogP contribution in [0, 0.1) is 0 Å². The Balaban J connectivity index is 1.92. The minimum absolute atomic E-state index is 0.0672. The minimum atomic E-state index is 0.0672. The summed E-state index contributed by atoms with van der Waals surface area (Å²) in [4.78, 5) is 3.53. The van der Waals surface area contributed by atoms with Crippen LogP contribution in [0.2, 0.25) is 0 Å². The lowest BCUT2D eigenvalue weighted by Crippen LogP contribution is -2.23. The van der Waals surface area contributed by atoms with Gasteiger partial charge >= 0.3 is 0 Å². The molecule has 3 N–H and O–H groups in total. The third-order valence-electron chi connectivity index (χ3n) is 3.58. The number of nitrogens with two attached hydrogens (primary N) is 1. The summed E-state index contributed by atoms with van der Waals surface area (Å²) in [5.41, 5.74) is 9.82. The predicted molar refractivity (Wildman–Crippen MR) is 74.1 cm³/mol. The predicted octanol–water partition coefficient (Wildman–Crippen LogP) is 2.77. The van der Waals surface area contributed by atoms with Crippen LogP contribution < -0.4 is 10.5 Å². The summed E-state index contributed by atoms with van der Waals surface area (Å²) in [6, 6.07) is 6.38. The number of rotatable bonds is 3. The molecule has 2 aromatic rings. The third-order valence-corrected chi connectivity index (χ3v) is 3.58. The number of aromatic amines is 1. The van der Waals surface area contributed by atoms with Gasteiger partial charge in [-0.15, -0.1) is 0 Å². The highest BCUT2D eigenvalue weighted by atomic mass is 16.5. The van der Waals surface area contributed by atoms with Crippen LogP contribution in [0.25, 0.3) is 10.9 Å². The van der Waals surface area contributed by atoms with Crippen molar-refractivity contribution >= 4 is 10.9 Å². The van der Waals surface area contributed by atoms with Crippen LogP contribution in [0.15, 0.2) is 18.2 Å². The third kappa shape index (κ3) is 2.10. The van der Waals surface area contributed by atoms with Crippen molar-refractivity contribution in [2.75, 3.05) is 6.61 Å². The Labute approximate surface area is 107 Å². The maximum atomic E-state index is 5.70. The Morgan fingerprint density at radius 3 is 3.00 bits per heavy atom. The molecule has 1 aromatic heterocycles. The smallest absolute Gasteiger partial charge is 0.121 e. The standard InChI is InChI=1S/C15H20N2O/c1-10(16)9-18-11-6-7-13-12-4-2-3-5-14(12)17-15(13)8-11/h6-8,10,17H,2-5,9,16H2,1H3. The molecule has 3 heteroatoms. The molecular weight excluding hydrogens is 224 g/mol. The first-order valence-corrected chi connectivity index (χ1v) is 6.76. The molecule has 1 heterocycles. The van der Waals surface area contributed by atoms with Gasteiger partial charge in [-0.05, 0) is 50.3 Å². The second-order valence-corrected chi connectivity index (χ2v) is 5.28. The van der Waals surface area contributed by atoms with Crippen molar-refractivity contribution in [3.05, 3.63) is 29.5 Å². The molecule has 0 saturated heterocycles. The van der Waals surface area contributed by atoms with Crippen molar-refractivity contribution in [3.63, 3.8) is 0 Å². The van der Waals surface area contributed by atoms with E-state index >= 15 is 0 Å². The molecule has 3 nitrogen and oxygen atoms in total. The van der Waals surface area contributed by atoms with E-state index in [2.05, 4.69) is 17.1 Å². The van der Waals surface area contributed by atoms with Crippen LogP contribution in [-0.2, 0) is 12.8 Å². The van der Waals surface area contributed by atoms with Gasteiger partial charge in [0.05, 0.1) is 0 Å². The van der Waals surface area contributed by atoms with Gasteiger partial charge in [0, 0.05) is 28.7 Å². The topological polar surface area (TPSA) is 51.0 Å². The van der Waals surface area contributed by atoms with Gasteiger partial charge in [-0.25, -0.2) is 0 Å². The van der Waals surface area contributed by atoms with Crippen molar-refractivity contribution in [1.82, 2.24) is 4.98 Å². The molecule has 1 unspecified atom stereocenters. The second kappa shape index (κ2) is 4.65. The number of H-pyrrole nitrogens is 1. The molecule has 0 bridgehead atoms. The molecule has 96 valence electrons. The molecule has 0 saturated carbocycles. The Kier molecular flexibility index (Phi) is 3.00. The number of hydrogen-bond donors (Lipinski definition) is 2. The van der Waals surface area contributed by atoms with Gasteiger partial charge in [-0.1, -0.05) is 0 Å². The summed E-state index contributed by atoms with van der Waals surface area (Å²) in [5, 5.41) is 1.36. The number of benzene rings is 1. The quantitative estimate of drug-likeness (QED) is 0.872. The average molecular weight is 244 g/mol. The molecule has 0 fully saturated rings. The molecule has 1 aromatic carbocycles. The first-order chi connectivity index (χ1) is 8.74. The summed E-state index contributed by atoms with van der Waals surface area (Å²) in [6.07, 6.45) is 4.99. The Hall–Kier alpha value is -1.48. The van der Waals surface area contributed by atoms with Gasteiger partial charge in [0.15, 0.2) is 0 Å². The van der Waals surface area contributed by atoms with E-state index in [9.17, 15) is 0 Å². The van der Waals surface area contributed by atoms with Crippen LogP contribution in [-0.4, -0.2) is 17.6 Å². The largest absolute Gasteiger partial charge is 0.492 e. The van der Waals surface area contributed by atoms with E-state index in [1.807, 2.05) is 13.0 Å². The van der Waals surface area contributed by atoms with Gasteiger partial charge in [0.1, 0.15) is 12.4 Å². The zero-order chi connectivity index (χ0) is 12.5. The normalized spacial score (nSPS) is 16.6. The Morgan fingerprint density at radius 2 is 2.17 bits per heavy atom. The summed E-state index contributed by atoms with van der Waals surface area (Å²) in [6.45, 7) is 2.51. The highest BCUT2D eigenvalue weighted by Gasteiger charge is 2.15. The highest BCUT2D eigenvalue weighted by Crippen LogP contribution is 2.31. The van der Waals surface area contributed by atoms with Crippen molar-refractivity contribution < 1.29 is 4.74 Å². The van der Waals surface area contributed by atoms with E-state index in [1.54, 1.807) is 0 Å². The zero-order valence-corrected chi connectivity index (χ0v) is 10.8. The van der Waals surface area contributed by atoms with Crippen molar-refractivity contribution in [3.8, 4) is 5.75 Å². The van der Waals surface area contributed by atoms with Gasteiger partial charge in [-0.3, -0.25) is 0 Å². The molecular formula is C15H20N2O. The fourth-order valence-electron chi connectivity index (χ4n) is 2.71. The van der Waals surface area contributed by atoms with Gasteiger partial charge in [0.2, 0.25) is 0 Å². The Morgan fingerprint density at radius 1 is 1.33 bits per heavy atom. The lowest BCUT2D eigenvalue weighted by atomic mass is 9.96. The highest BCUT2D eigenvalue weighted by molar-refractivity contribution is 5.86. The van der Waals surface area contributed by atoms with Crippen LogP contribution in [0.5, 0.6) is 5.75 Å². The first-order valence-electron chi connectivity index (χ1n) is 6.76. The lowest BCUT2D eigenvalue weighted by Gasteiger charge is -2.10. The van der Waals surface area contributed by atoms with Crippen LogP contribution in [0.4, 0.5) is 0 Å². The average Bonchev–Trinajstić information content (AvgIpc) is 2.73. The Bertz CT molecular complexity index is 557. The molecule has 0 spiro atoms. The number of nitrogens with one attached hydrogen (secondary N) is 1. The maximum absolute atomic E-state index is 5.70. The van der Waals surface area contributed by atoms with E-state index in [-0.39, 0.29) is 6.04 Å². The van der Waals surface area contributed by atoms with Gasteiger partial charge in [-0.2, -0.15) is 0 Å². The fraction of sp³-hybridized carbons (Fsp3) is 0.467.